The summed E-state index contributed by atoms with van der Waals surface area (Å²) in [7, 11) is 1.76. The van der Waals surface area contributed by atoms with Gasteiger partial charge >= 0.3 is 5.97 Å². The van der Waals surface area contributed by atoms with Crippen LogP contribution in [0.15, 0.2) is 12.4 Å². The first-order chi connectivity index (χ1) is 8.58. The van der Waals surface area contributed by atoms with Gasteiger partial charge < -0.3 is 10.4 Å². The minimum Gasteiger partial charge on any atom is -0.481 e. The maximum absolute atomic E-state index is 12.1. The molecule has 6 nitrogen and oxygen atoms in total. The molecule has 1 fully saturated rings. The van der Waals surface area contributed by atoms with E-state index in [1.165, 1.54) is 0 Å². The average molecular weight is 251 g/mol. The van der Waals surface area contributed by atoms with E-state index < -0.39 is 17.8 Å². The molecule has 2 rings (SSSR count). The van der Waals surface area contributed by atoms with Crippen molar-refractivity contribution in [3.8, 4) is 0 Å². The van der Waals surface area contributed by atoms with Crippen LogP contribution in [-0.2, 0) is 16.6 Å². The monoisotopic (exact) mass is 251 g/mol. The third-order valence-corrected chi connectivity index (χ3v) is 3.39. The summed E-state index contributed by atoms with van der Waals surface area (Å²) in [6, 6.07) is 0. The summed E-state index contributed by atoms with van der Waals surface area (Å²) in [4.78, 5) is 23.2. The lowest BCUT2D eigenvalue weighted by Crippen LogP contribution is -2.35. The first kappa shape index (κ1) is 12.6. The van der Waals surface area contributed by atoms with Crippen molar-refractivity contribution in [2.45, 2.75) is 25.7 Å². The lowest BCUT2D eigenvalue weighted by molar-refractivity contribution is -0.147. The van der Waals surface area contributed by atoms with Gasteiger partial charge in [-0.05, 0) is 12.8 Å². The Morgan fingerprint density at radius 1 is 1.39 bits per heavy atom. The molecule has 0 saturated heterocycles. The summed E-state index contributed by atoms with van der Waals surface area (Å²) in [5, 5.41) is 15.8. The van der Waals surface area contributed by atoms with Crippen LogP contribution in [0.5, 0.6) is 0 Å². The van der Waals surface area contributed by atoms with Crippen molar-refractivity contribution in [2.75, 3.05) is 5.32 Å². The van der Waals surface area contributed by atoms with Crippen molar-refractivity contribution in [3.05, 3.63) is 12.4 Å². The van der Waals surface area contributed by atoms with E-state index in [-0.39, 0.29) is 5.91 Å². The number of aliphatic carboxylic acids is 1. The van der Waals surface area contributed by atoms with E-state index >= 15 is 0 Å². The number of nitrogens with one attached hydrogen (secondary N) is 1. The van der Waals surface area contributed by atoms with E-state index in [9.17, 15) is 9.59 Å². The summed E-state index contributed by atoms with van der Waals surface area (Å²) in [5.74, 6) is -2.08. The minimum absolute atomic E-state index is 0.213. The maximum Gasteiger partial charge on any atom is 0.307 e. The van der Waals surface area contributed by atoms with Gasteiger partial charge in [0.2, 0.25) is 5.91 Å². The molecule has 1 aromatic rings. The van der Waals surface area contributed by atoms with Crippen LogP contribution in [0.4, 0.5) is 5.69 Å². The Balaban J connectivity index is 2.04. The summed E-state index contributed by atoms with van der Waals surface area (Å²) in [5.41, 5.74) is 0.609. The smallest absolute Gasteiger partial charge is 0.307 e. The third-order valence-electron chi connectivity index (χ3n) is 3.39. The zero-order valence-electron chi connectivity index (χ0n) is 10.3. The summed E-state index contributed by atoms with van der Waals surface area (Å²) in [6.07, 6.45) is 6.26. The van der Waals surface area contributed by atoms with E-state index in [0.717, 1.165) is 12.8 Å². The molecule has 1 saturated carbocycles. The fourth-order valence-electron chi connectivity index (χ4n) is 2.46. The lowest BCUT2D eigenvalue weighted by atomic mass is 9.78. The number of nitrogens with zero attached hydrogens (tertiary/aromatic N) is 2. The Labute approximate surface area is 105 Å². The molecule has 6 heteroatoms. The molecule has 0 aromatic carbocycles. The largest absolute Gasteiger partial charge is 0.481 e. The Hall–Kier alpha value is -1.85. The number of carbonyl (C=O) groups is 2. The van der Waals surface area contributed by atoms with Gasteiger partial charge in [-0.2, -0.15) is 5.10 Å². The van der Waals surface area contributed by atoms with Crippen LogP contribution < -0.4 is 5.32 Å². The number of aromatic nitrogens is 2. The first-order valence-electron chi connectivity index (χ1n) is 6.10. The number of carbonyl (C=O) groups excluding carboxylic acids is 1. The Morgan fingerprint density at radius 2 is 2.06 bits per heavy atom. The van der Waals surface area contributed by atoms with Crippen LogP contribution in [0.25, 0.3) is 0 Å². The molecule has 0 spiro atoms. The molecule has 0 bridgehead atoms. The summed E-state index contributed by atoms with van der Waals surface area (Å²) in [6.45, 7) is 0. The second-order valence-electron chi connectivity index (χ2n) is 4.73. The third kappa shape index (κ3) is 2.69. The molecule has 1 heterocycles. The Morgan fingerprint density at radius 3 is 2.61 bits per heavy atom. The van der Waals surface area contributed by atoms with Gasteiger partial charge in [0.25, 0.3) is 0 Å². The molecule has 18 heavy (non-hydrogen) atoms. The van der Waals surface area contributed by atoms with Gasteiger partial charge in [0.15, 0.2) is 0 Å². The van der Waals surface area contributed by atoms with Crippen molar-refractivity contribution in [2.24, 2.45) is 18.9 Å². The topological polar surface area (TPSA) is 84.2 Å². The van der Waals surface area contributed by atoms with Crippen LogP contribution >= 0.6 is 0 Å². The predicted octanol–water partition coefficient (Wildman–Crippen LogP) is 1.25. The number of rotatable bonds is 3. The number of aryl methyl sites for hydroxylation is 1. The minimum atomic E-state index is -0.874. The number of hydrogen-bond acceptors (Lipinski definition) is 3. The molecule has 2 unspecified atom stereocenters. The summed E-state index contributed by atoms with van der Waals surface area (Å²) >= 11 is 0. The van der Waals surface area contributed by atoms with Crippen LogP contribution in [0.3, 0.4) is 0 Å². The predicted molar refractivity (Wildman–Crippen MR) is 64.9 cm³/mol. The molecule has 98 valence electrons. The zero-order chi connectivity index (χ0) is 13.1. The number of anilines is 1. The fraction of sp³-hybridized carbons (Fsp3) is 0.583. The highest BCUT2D eigenvalue weighted by atomic mass is 16.4. The molecule has 0 radical (unpaired) electrons. The molecule has 2 atom stereocenters. The van der Waals surface area contributed by atoms with Gasteiger partial charge in [-0.25, -0.2) is 0 Å². The van der Waals surface area contributed by atoms with E-state index in [2.05, 4.69) is 10.4 Å². The van der Waals surface area contributed by atoms with Crippen molar-refractivity contribution in [1.82, 2.24) is 9.78 Å². The van der Waals surface area contributed by atoms with Gasteiger partial charge in [-0.1, -0.05) is 12.8 Å². The molecular weight excluding hydrogens is 234 g/mol. The van der Waals surface area contributed by atoms with Crippen LogP contribution in [0.2, 0.25) is 0 Å². The van der Waals surface area contributed by atoms with E-state index in [1.807, 2.05) is 0 Å². The van der Waals surface area contributed by atoms with Crippen molar-refractivity contribution in [3.63, 3.8) is 0 Å². The van der Waals surface area contributed by atoms with Crippen molar-refractivity contribution >= 4 is 17.6 Å². The summed E-state index contributed by atoms with van der Waals surface area (Å²) < 4.78 is 1.59. The van der Waals surface area contributed by atoms with E-state index in [4.69, 9.17) is 5.11 Å². The first-order valence-corrected chi connectivity index (χ1v) is 6.10. The molecular formula is C12H17N3O3. The lowest BCUT2D eigenvalue weighted by Gasteiger charge is -2.27. The number of hydrogen-bond donors (Lipinski definition) is 2. The Bertz CT molecular complexity index is 455. The van der Waals surface area contributed by atoms with Gasteiger partial charge in [0, 0.05) is 13.2 Å². The van der Waals surface area contributed by atoms with Crippen LogP contribution in [0.1, 0.15) is 25.7 Å². The highest BCUT2D eigenvalue weighted by Gasteiger charge is 2.35. The second-order valence-corrected chi connectivity index (χ2v) is 4.73. The highest BCUT2D eigenvalue weighted by molar-refractivity contribution is 5.95. The zero-order valence-corrected chi connectivity index (χ0v) is 10.3. The van der Waals surface area contributed by atoms with Crippen LogP contribution in [0, 0.1) is 11.8 Å². The van der Waals surface area contributed by atoms with Gasteiger partial charge in [-0.3, -0.25) is 14.3 Å². The normalized spacial score (nSPS) is 23.6. The fourth-order valence-corrected chi connectivity index (χ4v) is 2.46. The molecule has 0 aliphatic heterocycles. The van der Waals surface area contributed by atoms with E-state index in [0.29, 0.717) is 18.5 Å². The van der Waals surface area contributed by atoms with Crippen molar-refractivity contribution in [1.29, 1.82) is 0 Å². The second kappa shape index (κ2) is 5.20. The number of carboxylic acid groups (broad SMARTS) is 1. The van der Waals surface area contributed by atoms with Gasteiger partial charge in [0.1, 0.15) is 0 Å². The average Bonchev–Trinajstić information content (AvgIpc) is 2.74. The number of amides is 1. The quantitative estimate of drug-likeness (QED) is 0.846. The molecule has 1 aliphatic rings. The van der Waals surface area contributed by atoms with Gasteiger partial charge in [0.05, 0.1) is 23.7 Å². The number of carboxylic acids is 1. The van der Waals surface area contributed by atoms with E-state index in [1.54, 1.807) is 24.1 Å². The maximum atomic E-state index is 12.1. The van der Waals surface area contributed by atoms with Crippen LogP contribution in [-0.4, -0.2) is 26.8 Å². The molecule has 1 aliphatic carbocycles. The standard InChI is InChI=1S/C12H17N3O3/c1-15-7-8(6-13-15)14-11(16)9-4-2-3-5-10(9)12(17)18/h6-7,9-10H,2-5H2,1H3,(H,14,16)(H,17,18). The van der Waals surface area contributed by atoms with Crippen molar-refractivity contribution < 1.29 is 14.7 Å². The molecule has 2 N–H and O–H groups in total. The molecule has 1 amide bonds. The Kier molecular flexibility index (Phi) is 3.64. The highest BCUT2D eigenvalue weighted by Crippen LogP contribution is 2.31. The SMILES string of the molecule is Cn1cc(NC(=O)C2CCCCC2C(=O)O)cn1. The molecule has 1 aromatic heterocycles. The van der Waals surface area contributed by atoms with Gasteiger partial charge in [-0.15, -0.1) is 0 Å².